The Balaban J connectivity index is 2.42. The summed E-state index contributed by atoms with van der Waals surface area (Å²) in [5.41, 5.74) is 0.513. The highest BCUT2D eigenvalue weighted by Gasteiger charge is 2.00. The van der Waals surface area contributed by atoms with Crippen molar-refractivity contribution in [2.75, 3.05) is 25.6 Å². The summed E-state index contributed by atoms with van der Waals surface area (Å²) in [6.07, 6.45) is 1.99. The van der Waals surface area contributed by atoms with Gasteiger partial charge in [0.15, 0.2) is 0 Å². The van der Waals surface area contributed by atoms with E-state index in [9.17, 15) is 0 Å². The quantitative estimate of drug-likeness (QED) is 0.612. The summed E-state index contributed by atoms with van der Waals surface area (Å²) >= 11 is 5.77. The van der Waals surface area contributed by atoms with Crippen LogP contribution in [-0.2, 0) is 4.74 Å². The molecule has 16 heavy (non-hydrogen) atoms. The molecule has 4 nitrogen and oxygen atoms in total. The fourth-order valence-corrected chi connectivity index (χ4v) is 1.45. The van der Waals surface area contributed by atoms with Crippen LogP contribution in [0, 0.1) is 11.3 Å². The van der Waals surface area contributed by atoms with Gasteiger partial charge in [0.25, 0.3) is 0 Å². The van der Waals surface area contributed by atoms with E-state index in [1.807, 2.05) is 6.07 Å². The first kappa shape index (κ1) is 12.8. The minimum atomic E-state index is 0.332. The maximum atomic E-state index is 8.75. The van der Waals surface area contributed by atoms with Gasteiger partial charge in [-0.05, 0) is 25.0 Å². The molecule has 0 saturated heterocycles. The number of aromatic nitrogens is 1. The Hall–Kier alpha value is -1.31. The molecule has 0 spiro atoms. The Kier molecular flexibility index (Phi) is 5.62. The van der Waals surface area contributed by atoms with E-state index in [0.717, 1.165) is 26.0 Å². The largest absolute Gasteiger partial charge is 0.385 e. The minimum Gasteiger partial charge on any atom is -0.385 e. The van der Waals surface area contributed by atoms with Gasteiger partial charge in [-0.15, -0.1) is 0 Å². The summed E-state index contributed by atoms with van der Waals surface area (Å²) < 4.78 is 4.94. The summed E-state index contributed by atoms with van der Waals surface area (Å²) in [7, 11) is 1.69. The van der Waals surface area contributed by atoms with Gasteiger partial charge in [-0.2, -0.15) is 5.26 Å². The van der Waals surface area contributed by atoms with Gasteiger partial charge >= 0.3 is 0 Å². The lowest BCUT2D eigenvalue weighted by Gasteiger charge is -2.05. The zero-order chi connectivity index (χ0) is 11.8. The third-order valence-corrected chi connectivity index (χ3v) is 2.20. The molecule has 0 aromatic carbocycles. The smallest absolute Gasteiger partial charge is 0.132 e. The van der Waals surface area contributed by atoms with Crippen LogP contribution in [0.15, 0.2) is 12.1 Å². The molecule has 5 heteroatoms. The molecule has 0 radical (unpaired) electrons. The maximum absolute atomic E-state index is 8.75. The highest BCUT2D eigenvalue weighted by molar-refractivity contribution is 6.29. The van der Waals surface area contributed by atoms with Crippen molar-refractivity contribution in [2.24, 2.45) is 0 Å². The minimum absolute atomic E-state index is 0.332. The van der Waals surface area contributed by atoms with E-state index in [2.05, 4.69) is 10.3 Å². The number of ether oxygens (including phenoxy) is 1. The van der Waals surface area contributed by atoms with Crippen LogP contribution in [0.5, 0.6) is 0 Å². The van der Waals surface area contributed by atoms with E-state index in [1.54, 1.807) is 13.2 Å². The number of hydrogen-bond acceptors (Lipinski definition) is 4. The summed E-state index contributed by atoms with van der Waals surface area (Å²) in [4.78, 5) is 4.07. The van der Waals surface area contributed by atoms with Crippen LogP contribution < -0.4 is 5.32 Å². The number of nitrogens with one attached hydrogen (secondary N) is 1. The number of unbranched alkanes of at least 4 members (excludes halogenated alkanes) is 1. The molecule has 0 aliphatic carbocycles. The van der Waals surface area contributed by atoms with Gasteiger partial charge in [0.05, 0.1) is 11.6 Å². The SMILES string of the molecule is COCCCCNc1cc(C#N)cc(Cl)n1. The summed E-state index contributed by atoms with van der Waals surface area (Å²) in [6.45, 7) is 1.55. The third kappa shape index (κ3) is 4.47. The highest BCUT2D eigenvalue weighted by atomic mass is 35.5. The van der Waals surface area contributed by atoms with Crippen LogP contribution in [0.3, 0.4) is 0 Å². The molecule has 0 saturated carbocycles. The Labute approximate surface area is 100 Å². The normalized spacial score (nSPS) is 9.81. The van der Waals surface area contributed by atoms with Gasteiger partial charge in [0.1, 0.15) is 11.0 Å². The standard InChI is InChI=1S/C11H14ClN3O/c1-16-5-3-2-4-14-11-7-9(8-13)6-10(12)15-11/h6-7H,2-5H2,1H3,(H,14,15). The fourth-order valence-electron chi connectivity index (χ4n) is 1.24. The summed E-state index contributed by atoms with van der Waals surface area (Å²) in [5, 5.41) is 12.2. The first-order valence-corrected chi connectivity index (χ1v) is 5.44. The number of nitriles is 1. The molecule has 1 aromatic rings. The molecule has 1 N–H and O–H groups in total. The molecule has 0 fully saturated rings. The third-order valence-electron chi connectivity index (χ3n) is 2.00. The molecule has 1 heterocycles. The van der Waals surface area contributed by atoms with Crippen molar-refractivity contribution >= 4 is 17.4 Å². The highest BCUT2D eigenvalue weighted by Crippen LogP contribution is 2.13. The van der Waals surface area contributed by atoms with E-state index in [4.69, 9.17) is 21.6 Å². The molecule has 0 unspecified atom stereocenters. The average Bonchev–Trinajstić information content (AvgIpc) is 2.28. The lowest BCUT2D eigenvalue weighted by Crippen LogP contribution is -2.04. The summed E-state index contributed by atoms with van der Waals surface area (Å²) in [6, 6.07) is 5.26. The molecule has 0 aliphatic heterocycles. The molecule has 0 aliphatic rings. The zero-order valence-electron chi connectivity index (χ0n) is 9.16. The van der Waals surface area contributed by atoms with Crippen LogP contribution in [0.4, 0.5) is 5.82 Å². The summed E-state index contributed by atoms with van der Waals surface area (Å²) in [5.74, 6) is 0.640. The predicted octanol–water partition coefficient (Wildman–Crippen LogP) is 2.45. The van der Waals surface area contributed by atoms with Crippen molar-refractivity contribution in [3.05, 3.63) is 22.8 Å². The first-order valence-electron chi connectivity index (χ1n) is 5.06. The Morgan fingerprint density at radius 1 is 1.50 bits per heavy atom. The van der Waals surface area contributed by atoms with Crippen LogP contribution >= 0.6 is 11.6 Å². The van der Waals surface area contributed by atoms with E-state index >= 15 is 0 Å². The Bertz CT molecular complexity index is 376. The second-order valence-electron chi connectivity index (χ2n) is 3.30. The maximum Gasteiger partial charge on any atom is 0.132 e. The van der Waals surface area contributed by atoms with E-state index in [0.29, 0.717) is 16.5 Å². The van der Waals surface area contributed by atoms with E-state index < -0.39 is 0 Å². The number of hydrogen-bond donors (Lipinski definition) is 1. The number of pyridine rings is 1. The van der Waals surface area contributed by atoms with Crippen LogP contribution in [0.25, 0.3) is 0 Å². The first-order chi connectivity index (χ1) is 7.76. The molecule has 86 valence electrons. The van der Waals surface area contributed by atoms with Gasteiger partial charge in [0.2, 0.25) is 0 Å². The molecule has 0 amide bonds. The number of nitrogens with zero attached hydrogens (tertiary/aromatic N) is 2. The van der Waals surface area contributed by atoms with Gasteiger partial charge < -0.3 is 10.1 Å². The zero-order valence-corrected chi connectivity index (χ0v) is 9.92. The molecule has 0 atom stereocenters. The molecule has 0 bridgehead atoms. The number of methoxy groups -OCH3 is 1. The monoisotopic (exact) mass is 239 g/mol. The van der Waals surface area contributed by atoms with Gasteiger partial charge in [0, 0.05) is 20.3 Å². The predicted molar refractivity (Wildman–Crippen MR) is 63.6 cm³/mol. The number of anilines is 1. The average molecular weight is 240 g/mol. The fraction of sp³-hybridized carbons (Fsp3) is 0.455. The number of rotatable bonds is 6. The van der Waals surface area contributed by atoms with Gasteiger partial charge in [-0.1, -0.05) is 11.6 Å². The number of halogens is 1. The molecular formula is C11H14ClN3O. The second-order valence-corrected chi connectivity index (χ2v) is 3.69. The van der Waals surface area contributed by atoms with Gasteiger partial charge in [-0.25, -0.2) is 4.98 Å². The van der Waals surface area contributed by atoms with Crippen molar-refractivity contribution in [3.63, 3.8) is 0 Å². The second kappa shape index (κ2) is 7.04. The van der Waals surface area contributed by atoms with Crippen LogP contribution in [-0.4, -0.2) is 25.2 Å². The van der Waals surface area contributed by atoms with E-state index in [-0.39, 0.29) is 0 Å². The van der Waals surface area contributed by atoms with Crippen molar-refractivity contribution in [3.8, 4) is 6.07 Å². The van der Waals surface area contributed by atoms with Crippen molar-refractivity contribution in [2.45, 2.75) is 12.8 Å². The Morgan fingerprint density at radius 2 is 2.31 bits per heavy atom. The Morgan fingerprint density at radius 3 is 3.00 bits per heavy atom. The molecule has 1 aromatic heterocycles. The van der Waals surface area contributed by atoms with Crippen LogP contribution in [0.2, 0.25) is 5.15 Å². The van der Waals surface area contributed by atoms with Gasteiger partial charge in [-0.3, -0.25) is 0 Å². The van der Waals surface area contributed by atoms with E-state index in [1.165, 1.54) is 6.07 Å². The van der Waals surface area contributed by atoms with Crippen molar-refractivity contribution in [1.29, 1.82) is 5.26 Å². The lowest BCUT2D eigenvalue weighted by atomic mass is 10.3. The van der Waals surface area contributed by atoms with Crippen molar-refractivity contribution in [1.82, 2.24) is 4.98 Å². The van der Waals surface area contributed by atoms with Crippen LogP contribution in [0.1, 0.15) is 18.4 Å². The molecular weight excluding hydrogens is 226 g/mol. The lowest BCUT2D eigenvalue weighted by molar-refractivity contribution is 0.194. The molecule has 1 rings (SSSR count). The van der Waals surface area contributed by atoms with Crippen molar-refractivity contribution < 1.29 is 4.74 Å². The topological polar surface area (TPSA) is 57.9 Å².